The van der Waals surface area contributed by atoms with Gasteiger partial charge in [-0.05, 0) is 24.3 Å². The number of para-hydroxylation sites is 1. The zero-order valence-corrected chi connectivity index (χ0v) is 14.8. The Morgan fingerprint density at radius 1 is 1.28 bits per heavy atom. The normalized spacial score (nSPS) is 10.9. The molecule has 0 aliphatic carbocycles. The van der Waals surface area contributed by atoms with Gasteiger partial charge in [-0.2, -0.15) is 0 Å². The third kappa shape index (κ3) is 3.26. The van der Waals surface area contributed by atoms with Gasteiger partial charge in [-0.1, -0.05) is 17.4 Å². The number of amides is 1. The summed E-state index contributed by atoms with van der Waals surface area (Å²) in [4.78, 5) is 21.1. The molecule has 0 fully saturated rings. The molecule has 1 amide bonds. The van der Waals surface area contributed by atoms with E-state index < -0.39 is 0 Å². The van der Waals surface area contributed by atoms with Crippen LogP contribution in [-0.4, -0.2) is 23.0 Å². The van der Waals surface area contributed by atoms with Crippen molar-refractivity contribution in [3.63, 3.8) is 0 Å². The lowest BCUT2D eigenvalue weighted by atomic mass is 10.3. The van der Waals surface area contributed by atoms with Crippen molar-refractivity contribution in [2.24, 2.45) is 0 Å². The number of furan rings is 1. The number of rotatable bonds is 5. The Kier molecular flexibility index (Phi) is 4.21. The lowest BCUT2D eigenvalue weighted by molar-refractivity contribution is -0.115. The molecule has 0 saturated carbocycles. The minimum atomic E-state index is -0.158. The van der Waals surface area contributed by atoms with Crippen LogP contribution >= 0.6 is 22.7 Å². The second-order valence-corrected chi connectivity index (χ2v) is 7.06. The average molecular weight is 371 g/mol. The van der Waals surface area contributed by atoms with Crippen LogP contribution in [-0.2, 0) is 11.2 Å². The first kappa shape index (κ1) is 15.8. The number of carbonyl (C=O) groups is 1. The number of anilines is 1. The summed E-state index contributed by atoms with van der Waals surface area (Å²) in [5.74, 6) is 1.24. The minimum Gasteiger partial charge on any atom is -0.494 e. The average Bonchev–Trinajstić information content (AvgIpc) is 3.33. The lowest BCUT2D eigenvalue weighted by Crippen LogP contribution is -2.14. The Labute approximate surface area is 151 Å². The summed E-state index contributed by atoms with van der Waals surface area (Å²) in [6.45, 7) is 0. The van der Waals surface area contributed by atoms with Gasteiger partial charge in [-0.25, -0.2) is 9.97 Å². The van der Waals surface area contributed by atoms with Crippen molar-refractivity contribution >= 4 is 43.9 Å². The minimum absolute atomic E-state index is 0.158. The first-order chi connectivity index (χ1) is 12.2. The van der Waals surface area contributed by atoms with Gasteiger partial charge in [-0.15, -0.1) is 11.3 Å². The van der Waals surface area contributed by atoms with Crippen molar-refractivity contribution < 1.29 is 13.9 Å². The zero-order chi connectivity index (χ0) is 17.2. The van der Waals surface area contributed by atoms with E-state index in [0.717, 1.165) is 15.2 Å². The van der Waals surface area contributed by atoms with Crippen molar-refractivity contribution in [3.05, 3.63) is 47.7 Å². The first-order valence-corrected chi connectivity index (χ1v) is 9.14. The third-order valence-corrected chi connectivity index (χ3v) is 5.32. The maximum atomic E-state index is 12.3. The molecule has 1 N–H and O–H groups in total. The third-order valence-electron chi connectivity index (χ3n) is 3.47. The molecule has 0 unspecified atom stereocenters. The summed E-state index contributed by atoms with van der Waals surface area (Å²) in [6, 6.07) is 9.35. The monoisotopic (exact) mass is 371 g/mol. The molecule has 126 valence electrons. The van der Waals surface area contributed by atoms with E-state index in [0.29, 0.717) is 22.3 Å². The van der Waals surface area contributed by atoms with Crippen LogP contribution in [0.25, 0.3) is 21.0 Å². The molecule has 1 aromatic carbocycles. The van der Waals surface area contributed by atoms with Gasteiger partial charge < -0.3 is 14.5 Å². The topological polar surface area (TPSA) is 77.2 Å². The van der Waals surface area contributed by atoms with Crippen LogP contribution in [0.15, 0.2) is 46.4 Å². The molecule has 0 radical (unpaired) electrons. The SMILES string of the molecule is COc1cccc2sc(NC(=O)Cc3csc(-c4ccco4)n3)nc12. The Morgan fingerprint density at radius 2 is 2.20 bits per heavy atom. The molecular weight excluding hydrogens is 358 g/mol. The molecule has 0 saturated heterocycles. The highest BCUT2D eigenvalue weighted by molar-refractivity contribution is 7.22. The van der Waals surface area contributed by atoms with Gasteiger partial charge in [0.15, 0.2) is 15.9 Å². The van der Waals surface area contributed by atoms with Gasteiger partial charge in [-0.3, -0.25) is 4.79 Å². The predicted molar refractivity (Wildman–Crippen MR) is 98.3 cm³/mol. The molecular formula is C17H13N3O3S2. The Hall–Kier alpha value is -2.71. The Morgan fingerprint density at radius 3 is 3.00 bits per heavy atom. The van der Waals surface area contributed by atoms with Gasteiger partial charge in [0, 0.05) is 5.38 Å². The highest BCUT2D eigenvalue weighted by atomic mass is 32.1. The van der Waals surface area contributed by atoms with Crippen LogP contribution in [0, 0.1) is 0 Å². The molecule has 25 heavy (non-hydrogen) atoms. The standard InChI is InChI=1S/C17H13N3O3S2/c1-22-11-4-2-6-13-15(11)20-17(25-13)19-14(21)8-10-9-24-16(18-10)12-5-3-7-23-12/h2-7,9H,8H2,1H3,(H,19,20,21). The fourth-order valence-corrected chi connectivity index (χ4v) is 4.06. The van der Waals surface area contributed by atoms with Crippen molar-refractivity contribution in [2.75, 3.05) is 12.4 Å². The number of carbonyl (C=O) groups excluding carboxylic acids is 1. The van der Waals surface area contributed by atoms with E-state index in [1.54, 1.807) is 13.4 Å². The summed E-state index contributed by atoms with van der Waals surface area (Å²) < 4.78 is 11.6. The number of hydrogen-bond acceptors (Lipinski definition) is 7. The quantitative estimate of drug-likeness (QED) is 0.569. The van der Waals surface area contributed by atoms with Crippen molar-refractivity contribution in [1.82, 2.24) is 9.97 Å². The molecule has 8 heteroatoms. The molecule has 3 aromatic heterocycles. The maximum absolute atomic E-state index is 12.3. The lowest BCUT2D eigenvalue weighted by Gasteiger charge is -1.99. The zero-order valence-electron chi connectivity index (χ0n) is 13.2. The summed E-state index contributed by atoms with van der Waals surface area (Å²) in [6.07, 6.45) is 1.79. The van der Waals surface area contributed by atoms with E-state index in [1.807, 2.05) is 35.7 Å². The van der Waals surface area contributed by atoms with Crippen molar-refractivity contribution in [3.8, 4) is 16.5 Å². The molecule has 0 aliphatic heterocycles. The van der Waals surface area contributed by atoms with Crippen LogP contribution in [0.1, 0.15) is 5.69 Å². The van der Waals surface area contributed by atoms with E-state index in [-0.39, 0.29) is 12.3 Å². The molecule has 0 atom stereocenters. The van der Waals surface area contributed by atoms with Gasteiger partial charge in [0.1, 0.15) is 11.3 Å². The number of aromatic nitrogens is 2. The van der Waals surface area contributed by atoms with Crippen LogP contribution < -0.4 is 10.1 Å². The second kappa shape index (κ2) is 6.66. The van der Waals surface area contributed by atoms with E-state index in [2.05, 4.69) is 15.3 Å². The smallest absolute Gasteiger partial charge is 0.232 e. The molecule has 6 nitrogen and oxygen atoms in total. The van der Waals surface area contributed by atoms with E-state index in [9.17, 15) is 4.79 Å². The molecule has 4 aromatic rings. The summed E-state index contributed by atoms with van der Waals surface area (Å²) in [7, 11) is 1.60. The van der Waals surface area contributed by atoms with Gasteiger partial charge in [0.25, 0.3) is 0 Å². The number of fused-ring (bicyclic) bond motifs is 1. The highest BCUT2D eigenvalue weighted by Gasteiger charge is 2.13. The summed E-state index contributed by atoms with van der Waals surface area (Å²) >= 11 is 2.86. The van der Waals surface area contributed by atoms with Gasteiger partial charge in [0.05, 0.1) is 30.2 Å². The van der Waals surface area contributed by atoms with E-state index in [4.69, 9.17) is 9.15 Å². The molecule has 0 aliphatic rings. The van der Waals surface area contributed by atoms with Gasteiger partial charge >= 0.3 is 0 Å². The van der Waals surface area contributed by atoms with E-state index >= 15 is 0 Å². The van der Waals surface area contributed by atoms with Crippen molar-refractivity contribution in [1.29, 1.82) is 0 Å². The van der Waals surface area contributed by atoms with Crippen LogP contribution in [0.4, 0.5) is 5.13 Å². The number of nitrogens with zero attached hydrogens (tertiary/aromatic N) is 2. The number of hydrogen-bond donors (Lipinski definition) is 1. The number of ether oxygens (including phenoxy) is 1. The number of thiazole rings is 2. The molecule has 0 bridgehead atoms. The number of benzene rings is 1. The summed E-state index contributed by atoms with van der Waals surface area (Å²) in [5, 5.41) is 6.00. The molecule has 4 rings (SSSR count). The predicted octanol–water partition coefficient (Wildman–Crippen LogP) is 4.20. The van der Waals surface area contributed by atoms with Crippen LogP contribution in [0.2, 0.25) is 0 Å². The number of nitrogens with one attached hydrogen (secondary N) is 1. The summed E-state index contributed by atoms with van der Waals surface area (Å²) in [5.41, 5.74) is 1.45. The second-order valence-electron chi connectivity index (χ2n) is 5.17. The van der Waals surface area contributed by atoms with Crippen LogP contribution in [0.3, 0.4) is 0 Å². The largest absolute Gasteiger partial charge is 0.494 e. The van der Waals surface area contributed by atoms with E-state index in [1.165, 1.54) is 22.7 Å². The molecule has 0 spiro atoms. The first-order valence-electron chi connectivity index (χ1n) is 7.44. The highest BCUT2D eigenvalue weighted by Crippen LogP contribution is 2.32. The number of methoxy groups -OCH3 is 1. The molecule has 3 heterocycles. The Bertz CT molecular complexity index is 1020. The van der Waals surface area contributed by atoms with Crippen molar-refractivity contribution in [2.45, 2.75) is 6.42 Å². The fraction of sp³-hybridized carbons (Fsp3) is 0.118. The maximum Gasteiger partial charge on any atom is 0.232 e. The Balaban J connectivity index is 1.47. The fourth-order valence-electron chi connectivity index (χ4n) is 2.37. The van der Waals surface area contributed by atoms with Gasteiger partial charge in [0.2, 0.25) is 5.91 Å². The van der Waals surface area contributed by atoms with Crippen LogP contribution in [0.5, 0.6) is 5.75 Å².